The first kappa shape index (κ1) is 14.7. The van der Waals surface area contributed by atoms with Crippen molar-refractivity contribution < 1.29 is 4.74 Å². The summed E-state index contributed by atoms with van der Waals surface area (Å²) in [6.07, 6.45) is 7.16. The molecule has 1 aromatic carbocycles. The minimum atomic E-state index is 0.821. The van der Waals surface area contributed by atoms with Crippen molar-refractivity contribution in [3.63, 3.8) is 0 Å². The number of methoxy groups -OCH3 is 1. The Kier molecular flexibility index (Phi) is 3.21. The molecule has 5 aromatic rings. The van der Waals surface area contributed by atoms with E-state index in [-0.39, 0.29) is 0 Å². The van der Waals surface area contributed by atoms with Gasteiger partial charge in [0.15, 0.2) is 0 Å². The number of hydrogen-bond donors (Lipinski definition) is 2. The molecule has 0 spiro atoms. The summed E-state index contributed by atoms with van der Waals surface area (Å²) < 4.78 is 5.24. The number of nitrogens with zero attached hydrogens (tertiary/aromatic N) is 3. The third-order valence-corrected chi connectivity index (χ3v) is 4.48. The summed E-state index contributed by atoms with van der Waals surface area (Å²) in [4.78, 5) is 16.7. The number of hydrogen-bond acceptors (Lipinski definition) is 5. The van der Waals surface area contributed by atoms with Crippen LogP contribution in [0.4, 0.5) is 11.4 Å². The van der Waals surface area contributed by atoms with Crippen molar-refractivity contribution in [3.8, 4) is 5.75 Å². The van der Waals surface area contributed by atoms with E-state index in [2.05, 4.69) is 20.3 Å². The van der Waals surface area contributed by atoms with Crippen LogP contribution >= 0.6 is 0 Å². The van der Waals surface area contributed by atoms with Crippen molar-refractivity contribution in [1.82, 2.24) is 19.9 Å². The van der Waals surface area contributed by atoms with E-state index < -0.39 is 0 Å². The maximum Gasteiger partial charge on any atom is 0.119 e. The Morgan fingerprint density at radius 3 is 2.50 bits per heavy atom. The predicted octanol–water partition coefficient (Wildman–Crippen LogP) is 4.41. The maximum atomic E-state index is 5.24. The molecule has 0 radical (unpaired) electrons. The van der Waals surface area contributed by atoms with Crippen LogP contribution in [-0.2, 0) is 0 Å². The largest absolute Gasteiger partial charge is 0.497 e. The number of nitrogens with one attached hydrogen (secondary N) is 2. The van der Waals surface area contributed by atoms with E-state index in [1.54, 1.807) is 25.7 Å². The molecule has 126 valence electrons. The van der Waals surface area contributed by atoms with Crippen LogP contribution in [0.25, 0.3) is 32.8 Å². The molecule has 0 aliphatic heterocycles. The lowest BCUT2D eigenvalue weighted by atomic mass is 10.1. The summed E-state index contributed by atoms with van der Waals surface area (Å²) in [6, 6.07) is 11.8. The Hall–Kier alpha value is -3.67. The van der Waals surface area contributed by atoms with Gasteiger partial charge < -0.3 is 15.0 Å². The normalized spacial score (nSPS) is 11.3. The number of aromatic amines is 1. The predicted molar refractivity (Wildman–Crippen MR) is 103 cm³/mol. The Balaban J connectivity index is 1.79. The Bertz CT molecular complexity index is 1240. The minimum absolute atomic E-state index is 0.821. The smallest absolute Gasteiger partial charge is 0.119 e. The molecule has 6 nitrogen and oxygen atoms in total. The van der Waals surface area contributed by atoms with E-state index in [4.69, 9.17) is 9.72 Å². The van der Waals surface area contributed by atoms with Crippen LogP contribution in [0.15, 0.2) is 61.2 Å². The third kappa shape index (κ3) is 2.23. The molecule has 0 bridgehead atoms. The van der Waals surface area contributed by atoms with Gasteiger partial charge in [0.1, 0.15) is 5.75 Å². The molecule has 0 saturated heterocycles. The highest BCUT2D eigenvalue weighted by molar-refractivity contribution is 6.15. The SMILES string of the molecule is COc1ccc(Nc2c3ccncc3nc3c2[nH]c2cnccc23)cc1. The Labute approximate surface area is 148 Å². The molecule has 0 unspecified atom stereocenters. The van der Waals surface area contributed by atoms with Crippen molar-refractivity contribution in [2.24, 2.45) is 0 Å². The first-order chi connectivity index (χ1) is 12.8. The van der Waals surface area contributed by atoms with Crippen LogP contribution in [0.3, 0.4) is 0 Å². The molecular formula is C20H15N5O. The van der Waals surface area contributed by atoms with Gasteiger partial charge >= 0.3 is 0 Å². The number of rotatable bonds is 3. The number of ether oxygens (including phenoxy) is 1. The second kappa shape index (κ2) is 5.70. The number of fused-ring (bicyclic) bond motifs is 4. The lowest BCUT2D eigenvalue weighted by Gasteiger charge is -2.11. The fourth-order valence-corrected chi connectivity index (χ4v) is 3.22. The van der Waals surface area contributed by atoms with Gasteiger partial charge in [0.25, 0.3) is 0 Å². The molecule has 4 aromatic heterocycles. The topological polar surface area (TPSA) is 75.7 Å². The summed E-state index contributed by atoms with van der Waals surface area (Å²) in [5.74, 6) is 0.821. The van der Waals surface area contributed by atoms with E-state index in [9.17, 15) is 0 Å². The number of aromatic nitrogens is 4. The monoisotopic (exact) mass is 341 g/mol. The first-order valence-corrected chi connectivity index (χ1v) is 8.24. The molecule has 0 saturated carbocycles. The standard InChI is InChI=1S/C20H15N5O/c1-26-13-4-2-12(3-5-13)23-18-14-6-8-21-10-16(14)24-19-15-7-9-22-11-17(15)25-20(18)19/h2-11,25H,1H3,(H,23,24). The molecule has 26 heavy (non-hydrogen) atoms. The van der Waals surface area contributed by atoms with Gasteiger partial charge in [-0.1, -0.05) is 0 Å². The molecule has 0 atom stereocenters. The van der Waals surface area contributed by atoms with Gasteiger partial charge in [0.05, 0.1) is 47.3 Å². The van der Waals surface area contributed by atoms with E-state index in [1.807, 2.05) is 42.6 Å². The molecule has 6 heteroatoms. The molecule has 0 aliphatic carbocycles. The Morgan fingerprint density at radius 2 is 1.69 bits per heavy atom. The molecular weight excluding hydrogens is 326 g/mol. The zero-order valence-corrected chi connectivity index (χ0v) is 14.0. The van der Waals surface area contributed by atoms with E-state index >= 15 is 0 Å². The van der Waals surface area contributed by atoms with Gasteiger partial charge in [-0.25, -0.2) is 4.98 Å². The summed E-state index contributed by atoms with van der Waals surface area (Å²) >= 11 is 0. The molecule has 0 amide bonds. The second-order valence-corrected chi connectivity index (χ2v) is 6.00. The zero-order valence-electron chi connectivity index (χ0n) is 14.0. The van der Waals surface area contributed by atoms with E-state index in [0.29, 0.717) is 0 Å². The molecule has 5 rings (SSSR count). The highest BCUT2D eigenvalue weighted by Crippen LogP contribution is 2.35. The van der Waals surface area contributed by atoms with Gasteiger partial charge in [0, 0.05) is 28.9 Å². The average molecular weight is 341 g/mol. The summed E-state index contributed by atoms with van der Waals surface area (Å²) in [6.45, 7) is 0. The van der Waals surface area contributed by atoms with Gasteiger partial charge in [-0.3, -0.25) is 9.97 Å². The van der Waals surface area contributed by atoms with Gasteiger partial charge in [-0.15, -0.1) is 0 Å². The molecule has 0 fully saturated rings. The van der Waals surface area contributed by atoms with Gasteiger partial charge in [0.2, 0.25) is 0 Å². The lowest BCUT2D eigenvalue weighted by Crippen LogP contribution is -1.95. The quantitative estimate of drug-likeness (QED) is 0.508. The highest BCUT2D eigenvalue weighted by Gasteiger charge is 2.14. The van der Waals surface area contributed by atoms with Crippen LogP contribution in [0.2, 0.25) is 0 Å². The number of benzene rings is 1. The first-order valence-electron chi connectivity index (χ1n) is 8.24. The number of pyridine rings is 3. The number of anilines is 2. The Morgan fingerprint density at radius 1 is 0.923 bits per heavy atom. The highest BCUT2D eigenvalue weighted by atomic mass is 16.5. The van der Waals surface area contributed by atoms with Crippen molar-refractivity contribution >= 4 is 44.2 Å². The van der Waals surface area contributed by atoms with Crippen LogP contribution in [0.1, 0.15) is 0 Å². The van der Waals surface area contributed by atoms with Crippen LogP contribution < -0.4 is 10.1 Å². The van der Waals surface area contributed by atoms with Gasteiger partial charge in [-0.05, 0) is 36.4 Å². The number of H-pyrrole nitrogens is 1. The fraction of sp³-hybridized carbons (Fsp3) is 0.0500. The van der Waals surface area contributed by atoms with E-state index in [1.165, 1.54) is 0 Å². The zero-order chi connectivity index (χ0) is 17.5. The van der Waals surface area contributed by atoms with Crippen LogP contribution in [0, 0.1) is 0 Å². The minimum Gasteiger partial charge on any atom is -0.497 e. The summed E-state index contributed by atoms with van der Waals surface area (Å²) in [7, 11) is 1.66. The lowest BCUT2D eigenvalue weighted by molar-refractivity contribution is 0.415. The summed E-state index contributed by atoms with van der Waals surface area (Å²) in [5.41, 5.74) is 5.58. The third-order valence-electron chi connectivity index (χ3n) is 4.48. The maximum absolute atomic E-state index is 5.24. The van der Waals surface area contributed by atoms with Gasteiger partial charge in [-0.2, -0.15) is 0 Å². The van der Waals surface area contributed by atoms with E-state index in [0.717, 1.165) is 50.0 Å². The van der Waals surface area contributed by atoms with Crippen molar-refractivity contribution in [3.05, 3.63) is 61.2 Å². The van der Waals surface area contributed by atoms with Crippen molar-refractivity contribution in [2.45, 2.75) is 0 Å². The fourth-order valence-electron chi connectivity index (χ4n) is 3.22. The van der Waals surface area contributed by atoms with Crippen molar-refractivity contribution in [2.75, 3.05) is 12.4 Å². The van der Waals surface area contributed by atoms with Crippen LogP contribution in [-0.4, -0.2) is 27.0 Å². The molecule has 2 N–H and O–H groups in total. The van der Waals surface area contributed by atoms with Crippen LogP contribution in [0.5, 0.6) is 5.75 Å². The summed E-state index contributed by atoms with van der Waals surface area (Å²) in [5, 5.41) is 5.57. The second-order valence-electron chi connectivity index (χ2n) is 6.00. The average Bonchev–Trinajstić information content (AvgIpc) is 3.07. The van der Waals surface area contributed by atoms with Crippen molar-refractivity contribution in [1.29, 1.82) is 0 Å². The molecule has 4 heterocycles. The molecule has 0 aliphatic rings.